The molecule has 23 heavy (non-hydrogen) atoms. The molecule has 2 heterocycles. The van der Waals surface area contributed by atoms with Crippen molar-refractivity contribution in [1.29, 1.82) is 21.0 Å². The predicted molar refractivity (Wildman–Crippen MR) is 81.0 cm³/mol. The third-order valence-electron chi connectivity index (χ3n) is 4.08. The Labute approximate surface area is 137 Å². The van der Waals surface area contributed by atoms with Gasteiger partial charge in [0.25, 0.3) is 5.54 Å². The third kappa shape index (κ3) is 1.69. The summed E-state index contributed by atoms with van der Waals surface area (Å²) in [6, 6.07) is 10.4. The standard InChI is InChI=1S/C14H10N8S/c1-12(10-3-2-4-20-5-10)13(6-15,7-16)14(8-17,9-18)22(21-12)11(19)23/h2-5,21H,1H3,(H2,19,23). The second kappa shape index (κ2) is 5.19. The van der Waals surface area contributed by atoms with E-state index in [1.54, 1.807) is 24.3 Å². The number of hydrogen-bond donors (Lipinski definition) is 2. The van der Waals surface area contributed by atoms with Crippen molar-refractivity contribution in [2.24, 2.45) is 11.1 Å². The molecule has 0 aliphatic carbocycles. The van der Waals surface area contributed by atoms with Crippen molar-refractivity contribution < 1.29 is 0 Å². The zero-order valence-electron chi connectivity index (χ0n) is 12.0. The van der Waals surface area contributed by atoms with Gasteiger partial charge < -0.3 is 5.73 Å². The Morgan fingerprint density at radius 2 is 1.87 bits per heavy atom. The first-order valence-electron chi connectivity index (χ1n) is 6.32. The third-order valence-corrected chi connectivity index (χ3v) is 4.26. The maximum Gasteiger partial charge on any atom is 0.264 e. The SMILES string of the molecule is CC1(c2cccnc2)NN(C(N)=S)C(C#N)(C#N)C1(C#N)C#N. The van der Waals surface area contributed by atoms with Crippen molar-refractivity contribution >= 4 is 17.3 Å². The average Bonchev–Trinajstić information content (AvgIpc) is 2.82. The lowest BCUT2D eigenvalue weighted by atomic mass is 9.61. The van der Waals surface area contributed by atoms with Gasteiger partial charge in [0.05, 0.1) is 17.7 Å². The first-order chi connectivity index (χ1) is 10.9. The van der Waals surface area contributed by atoms with Crippen LogP contribution in [0.1, 0.15) is 12.5 Å². The quantitative estimate of drug-likeness (QED) is 0.690. The number of nitrogens with one attached hydrogen (secondary N) is 1. The van der Waals surface area contributed by atoms with E-state index < -0.39 is 16.5 Å². The zero-order valence-corrected chi connectivity index (χ0v) is 12.8. The monoisotopic (exact) mass is 322 g/mol. The molecule has 1 aliphatic heterocycles. The summed E-state index contributed by atoms with van der Waals surface area (Å²) in [5, 5.41) is 39.4. The maximum atomic E-state index is 9.76. The smallest absolute Gasteiger partial charge is 0.264 e. The van der Waals surface area contributed by atoms with Gasteiger partial charge in [-0.05, 0) is 30.8 Å². The predicted octanol–water partition coefficient (Wildman–Crippen LogP) is 0.180. The first kappa shape index (κ1) is 16.1. The van der Waals surface area contributed by atoms with Gasteiger partial charge in [0.2, 0.25) is 5.41 Å². The Hall–Kier alpha value is -3.24. The number of rotatable bonds is 1. The van der Waals surface area contributed by atoms with Gasteiger partial charge in [-0.15, -0.1) is 0 Å². The lowest BCUT2D eigenvalue weighted by molar-refractivity contribution is 0.265. The highest BCUT2D eigenvalue weighted by Crippen LogP contribution is 2.53. The van der Waals surface area contributed by atoms with E-state index in [1.165, 1.54) is 19.3 Å². The molecular weight excluding hydrogens is 312 g/mol. The number of nitriles is 4. The molecule has 0 bridgehead atoms. The lowest BCUT2D eigenvalue weighted by Gasteiger charge is -2.34. The van der Waals surface area contributed by atoms with Crippen LogP contribution in [0.25, 0.3) is 0 Å². The Balaban J connectivity index is 2.90. The second-order valence-corrected chi connectivity index (χ2v) is 5.48. The van der Waals surface area contributed by atoms with Gasteiger partial charge >= 0.3 is 0 Å². The van der Waals surface area contributed by atoms with Crippen LogP contribution >= 0.6 is 12.2 Å². The van der Waals surface area contributed by atoms with E-state index >= 15 is 0 Å². The van der Waals surface area contributed by atoms with E-state index in [9.17, 15) is 21.0 Å². The Kier molecular flexibility index (Phi) is 3.64. The minimum absolute atomic E-state index is 0.324. The minimum atomic E-state index is -2.22. The summed E-state index contributed by atoms with van der Waals surface area (Å²) in [5.41, 5.74) is 3.11. The molecule has 1 aromatic rings. The summed E-state index contributed by atoms with van der Waals surface area (Å²) >= 11 is 4.89. The molecule has 0 radical (unpaired) electrons. The van der Waals surface area contributed by atoms with Crippen LogP contribution in [-0.2, 0) is 5.54 Å². The van der Waals surface area contributed by atoms with Crippen LogP contribution in [0.5, 0.6) is 0 Å². The molecule has 1 aliphatic rings. The summed E-state index contributed by atoms with van der Waals surface area (Å²) in [5.74, 6) is 0. The molecule has 0 spiro atoms. The van der Waals surface area contributed by atoms with Crippen LogP contribution in [-0.4, -0.2) is 20.6 Å². The second-order valence-electron chi connectivity index (χ2n) is 5.06. The molecule has 9 heteroatoms. The summed E-state index contributed by atoms with van der Waals surface area (Å²) in [4.78, 5) is 3.97. The van der Waals surface area contributed by atoms with Crippen LogP contribution in [0.15, 0.2) is 24.5 Å². The van der Waals surface area contributed by atoms with Gasteiger partial charge in [-0.25, -0.2) is 10.4 Å². The van der Waals surface area contributed by atoms with Crippen molar-refractivity contribution in [3.8, 4) is 24.3 Å². The summed E-state index contributed by atoms with van der Waals surface area (Å²) < 4.78 is 0. The van der Waals surface area contributed by atoms with Gasteiger partial charge in [-0.1, -0.05) is 6.07 Å². The van der Waals surface area contributed by atoms with Crippen molar-refractivity contribution in [2.45, 2.75) is 18.0 Å². The van der Waals surface area contributed by atoms with Crippen LogP contribution in [0.4, 0.5) is 0 Å². The number of thiocarbonyl (C=S) groups is 1. The van der Waals surface area contributed by atoms with Crippen LogP contribution in [0.2, 0.25) is 0 Å². The molecule has 0 amide bonds. The molecule has 112 valence electrons. The van der Waals surface area contributed by atoms with Crippen molar-refractivity contribution in [3.63, 3.8) is 0 Å². The van der Waals surface area contributed by atoms with Crippen molar-refractivity contribution in [1.82, 2.24) is 15.4 Å². The van der Waals surface area contributed by atoms with Gasteiger partial charge in [-0.2, -0.15) is 21.0 Å². The van der Waals surface area contributed by atoms with E-state index in [-0.39, 0.29) is 5.11 Å². The van der Waals surface area contributed by atoms with Gasteiger partial charge in [-0.3, -0.25) is 4.98 Å². The molecule has 1 saturated heterocycles. The molecule has 3 N–H and O–H groups in total. The van der Waals surface area contributed by atoms with E-state index in [4.69, 9.17) is 18.0 Å². The van der Waals surface area contributed by atoms with Crippen LogP contribution in [0.3, 0.4) is 0 Å². The summed E-state index contributed by atoms with van der Waals surface area (Å²) in [6.07, 6.45) is 2.97. The molecular formula is C14H10N8S. The number of hydrogen-bond acceptors (Lipinski definition) is 7. The summed E-state index contributed by atoms with van der Waals surface area (Å²) in [6.45, 7) is 1.53. The fraction of sp³-hybridized carbons (Fsp3) is 0.286. The van der Waals surface area contributed by atoms with E-state index in [1.807, 2.05) is 12.1 Å². The molecule has 1 unspecified atom stereocenters. The van der Waals surface area contributed by atoms with Crippen LogP contribution < -0.4 is 11.2 Å². The van der Waals surface area contributed by atoms with Gasteiger partial charge in [0, 0.05) is 12.4 Å². The van der Waals surface area contributed by atoms with Crippen LogP contribution in [0, 0.1) is 50.7 Å². The highest BCUT2D eigenvalue weighted by molar-refractivity contribution is 7.80. The Morgan fingerprint density at radius 1 is 1.26 bits per heavy atom. The number of hydrazine groups is 1. The molecule has 1 fully saturated rings. The molecule has 1 atom stereocenters. The van der Waals surface area contributed by atoms with Gasteiger partial charge in [0.15, 0.2) is 5.11 Å². The highest BCUT2D eigenvalue weighted by atomic mass is 32.1. The maximum absolute atomic E-state index is 9.76. The fourth-order valence-electron chi connectivity index (χ4n) is 2.78. The van der Waals surface area contributed by atoms with Crippen molar-refractivity contribution in [2.75, 3.05) is 0 Å². The number of aromatic nitrogens is 1. The largest absolute Gasteiger partial charge is 0.375 e. The lowest BCUT2D eigenvalue weighted by Crippen LogP contribution is -2.57. The first-order valence-corrected chi connectivity index (χ1v) is 6.73. The fourth-order valence-corrected chi connectivity index (χ4v) is 2.97. The molecule has 0 saturated carbocycles. The van der Waals surface area contributed by atoms with E-state index in [0.29, 0.717) is 5.56 Å². The topological polar surface area (TPSA) is 149 Å². The molecule has 1 aromatic heterocycles. The molecule has 0 aromatic carbocycles. The highest BCUT2D eigenvalue weighted by Gasteiger charge is 2.75. The Bertz CT molecular complexity index is 794. The number of nitrogens with zero attached hydrogens (tertiary/aromatic N) is 6. The normalized spacial score (nSPS) is 23.8. The van der Waals surface area contributed by atoms with Gasteiger partial charge in [0.1, 0.15) is 12.1 Å². The average molecular weight is 322 g/mol. The molecule has 2 rings (SSSR count). The number of nitrogens with two attached hydrogens (primary N) is 1. The van der Waals surface area contributed by atoms with E-state index in [2.05, 4.69) is 10.4 Å². The molecule has 8 nitrogen and oxygen atoms in total. The Morgan fingerprint density at radius 3 is 2.26 bits per heavy atom. The summed E-state index contributed by atoms with van der Waals surface area (Å²) in [7, 11) is 0. The van der Waals surface area contributed by atoms with E-state index in [0.717, 1.165) is 5.01 Å². The zero-order chi connectivity index (χ0) is 17.3. The minimum Gasteiger partial charge on any atom is -0.375 e. The van der Waals surface area contributed by atoms with Crippen molar-refractivity contribution in [3.05, 3.63) is 30.1 Å². The number of pyridine rings is 1.